The molecule has 0 aliphatic carbocycles. The highest BCUT2D eigenvalue weighted by Crippen LogP contribution is 2.34. The van der Waals surface area contributed by atoms with E-state index in [1.807, 2.05) is 0 Å². The summed E-state index contributed by atoms with van der Waals surface area (Å²) in [6.07, 6.45) is 4.62. The fraction of sp³-hybridized carbons (Fsp3) is 0.600. The molecule has 1 aromatic carbocycles. The van der Waals surface area contributed by atoms with Crippen molar-refractivity contribution >= 4 is 0 Å². The molecule has 1 heterocycles. The van der Waals surface area contributed by atoms with Gasteiger partial charge in [0.1, 0.15) is 5.75 Å². The van der Waals surface area contributed by atoms with Crippen LogP contribution in [0.4, 0.5) is 0 Å². The second-order valence-corrected chi connectivity index (χ2v) is 4.73. The van der Waals surface area contributed by atoms with E-state index in [1.165, 1.54) is 30.4 Å². The Kier molecular flexibility index (Phi) is 4.43. The summed E-state index contributed by atoms with van der Waals surface area (Å²) in [5.74, 6) is 1.15. The van der Waals surface area contributed by atoms with Crippen LogP contribution in [0.15, 0.2) is 18.2 Å². The van der Waals surface area contributed by atoms with E-state index in [0.717, 1.165) is 25.3 Å². The van der Waals surface area contributed by atoms with E-state index in [2.05, 4.69) is 37.4 Å². The number of nitrogens with one attached hydrogen (secondary N) is 1. The monoisotopic (exact) mass is 233 g/mol. The Labute approximate surface area is 104 Å². The first kappa shape index (κ1) is 12.4. The Balaban J connectivity index is 2.20. The molecular weight excluding hydrogens is 210 g/mol. The van der Waals surface area contributed by atoms with E-state index in [0.29, 0.717) is 6.04 Å². The van der Waals surface area contributed by atoms with Gasteiger partial charge < -0.3 is 10.1 Å². The molecule has 0 spiro atoms. The molecule has 0 saturated carbocycles. The van der Waals surface area contributed by atoms with E-state index in [-0.39, 0.29) is 0 Å². The van der Waals surface area contributed by atoms with Crippen molar-refractivity contribution in [2.24, 2.45) is 0 Å². The van der Waals surface area contributed by atoms with Gasteiger partial charge in [-0.05, 0) is 24.9 Å². The Morgan fingerprint density at radius 3 is 2.94 bits per heavy atom. The van der Waals surface area contributed by atoms with E-state index in [4.69, 9.17) is 4.74 Å². The smallest absolute Gasteiger partial charge is 0.127 e. The van der Waals surface area contributed by atoms with Crippen LogP contribution in [-0.2, 0) is 6.42 Å². The zero-order valence-corrected chi connectivity index (χ0v) is 11.0. The molecule has 1 atom stereocenters. The molecule has 0 saturated heterocycles. The van der Waals surface area contributed by atoms with Gasteiger partial charge in [0.15, 0.2) is 0 Å². The van der Waals surface area contributed by atoms with Crippen LogP contribution in [0.1, 0.15) is 50.3 Å². The van der Waals surface area contributed by atoms with Crippen LogP contribution in [0.25, 0.3) is 0 Å². The van der Waals surface area contributed by atoms with Crippen LogP contribution in [0.5, 0.6) is 5.75 Å². The van der Waals surface area contributed by atoms with Crippen LogP contribution in [0, 0.1) is 0 Å². The summed E-state index contributed by atoms with van der Waals surface area (Å²) in [5, 5.41) is 3.64. The van der Waals surface area contributed by atoms with Crippen LogP contribution in [0.3, 0.4) is 0 Å². The minimum Gasteiger partial charge on any atom is -0.493 e. The summed E-state index contributed by atoms with van der Waals surface area (Å²) in [4.78, 5) is 0. The van der Waals surface area contributed by atoms with E-state index in [9.17, 15) is 0 Å². The SMILES string of the molecule is CCCNC(CCC)c1cccc2c1OCC2. The van der Waals surface area contributed by atoms with Gasteiger partial charge in [-0.2, -0.15) is 0 Å². The lowest BCUT2D eigenvalue weighted by Crippen LogP contribution is -2.22. The highest BCUT2D eigenvalue weighted by Gasteiger charge is 2.20. The number of hydrogen-bond acceptors (Lipinski definition) is 2. The highest BCUT2D eigenvalue weighted by molar-refractivity contribution is 5.45. The second kappa shape index (κ2) is 6.06. The third-order valence-corrected chi connectivity index (χ3v) is 3.34. The summed E-state index contributed by atoms with van der Waals surface area (Å²) in [6.45, 7) is 6.37. The van der Waals surface area contributed by atoms with Crippen molar-refractivity contribution in [2.45, 2.75) is 45.6 Å². The molecule has 0 radical (unpaired) electrons. The number of hydrogen-bond donors (Lipinski definition) is 1. The van der Waals surface area contributed by atoms with Crippen molar-refractivity contribution in [3.8, 4) is 5.75 Å². The van der Waals surface area contributed by atoms with Crippen molar-refractivity contribution in [1.82, 2.24) is 5.32 Å². The summed E-state index contributed by atoms with van der Waals surface area (Å²) in [6, 6.07) is 7.02. The fourth-order valence-electron chi connectivity index (χ4n) is 2.49. The lowest BCUT2D eigenvalue weighted by Gasteiger charge is -2.20. The van der Waals surface area contributed by atoms with Gasteiger partial charge in [-0.25, -0.2) is 0 Å². The Morgan fingerprint density at radius 2 is 2.18 bits per heavy atom. The van der Waals surface area contributed by atoms with Gasteiger partial charge in [0.05, 0.1) is 6.61 Å². The Morgan fingerprint density at radius 1 is 1.29 bits per heavy atom. The van der Waals surface area contributed by atoms with Crippen LogP contribution in [0.2, 0.25) is 0 Å². The molecule has 17 heavy (non-hydrogen) atoms. The molecule has 2 nitrogen and oxygen atoms in total. The van der Waals surface area contributed by atoms with E-state index < -0.39 is 0 Å². The lowest BCUT2D eigenvalue weighted by atomic mass is 9.98. The van der Waals surface area contributed by atoms with Crippen molar-refractivity contribution in [3.05, 3.63) is 29.3 Å². The van der Waals surface area contributed by atoms with Crippen LogP contribution >= 0.6 is 0 Å². The number of ether oxygens (including phenoxy) is 1. The summed E-state index contributed by atoms with van der Waals surface area (Å²) < 4.78 is 5.80. The molecule has 2 heteroatoms. The molecule has 0 aromatic heterocycles. The third-order valence-electron chi connectivity index (χ3n) is 3.34. The first-order chi connectivity index (χ1) is 8.36. The quantitative estimate of drug-likeness (QED) is 0.812. The number of para-hydroxylation sites is 1. The number of rotatable bonds is 6. The predicted molar refractivity (Wildman–Crippen MR) is 71.6 cm³/mol. The highest BCUT2D eigenvalue weighted by atomic mass is 16.5. The zero-order chi connectivity index (χ0) is 12.1. The van der Waals surface area contributed by atoms with Gasteiger partial charge in [0.2, 0.25) is 0 Å². The van der Waals surface area contributed by atoms with Crippen molar-refractivity contribution < 1.29 is 4.74 Å². The zero-order valence-electron chi connectivity index (χ0n) is 11.0. The molecule has 2 rings (SSSR count). The van der Waals surface area contributed by atoms with Gasteiger partial charge >= 0.3 is 0 Å². The number of benzene rings is 1. The molecule has 0 bridgehead atoms. The maximum atomic E-state index is 5.80. The molecule has 0 fully saturated rings. The Hall–Kier alpha value is -1.02. The summed E-state index contributed by atoms with van der Waals surface area (Å²) in [5.41, 5.74) is 2.73. The van der Waals surface area contributed by atoms with E-state index in [1.54, 1.807) is 0 Å². The number of fused-ring (bicyclic) bond motifs is 1. The summed E-state index contributed by atoms with van der Waals surface area (Å²) >= 11 is 0. The molecule has 94 valence electrons. The van der Waals surface area contributed by atoms with Crippen molar-refractivity contribution in [1.29, 1.82) is 0 Å². The van der Waals surface area contributed by atoms with Gasteiger partial charge in [0, 0.05) is 18.0 Å². The minimum atomic E-state index is 0.452. The van der Waals surface area contributed by atoms with E-state index >= 15 is 0 Å². The van der Waals surface area contributed by atoms with Gasteiger partial charge in [-0.15, -0.1) is 0 Å². The maximum Gasteiger partial charge on any atom is 0.127 e. The largest absolute Gasteiger partial charge is 0.493 e. The molecule has 0 amide bonds. The molecule has 1 unspecified atom stereocenters. The normalized spacial score (nSPS) is 15.4. The minimum absolute atomic E-state index is 0.452. The standard InChI is InChI=1S/C15H23NO/c1-3-6-14(16-10-4-2)13-8-5-7-12-9-11-17-15(12)13/h5,7-8,14,16H,3-4,6,9-11H2,1-2H3. The molecule has 1 N–H and O–H groups in total. The van der Waals surface area contributed by atoms with Crippen molar-refractivity contribution in [2.75, 3.05) is 13.2 Å². The average molecular weight is 233 g/mol. The second-order valence-electron chi connectivity index (χ2n) is 4.73. The first-order valence-electron chi connectivity index (χ1n) is 6.84. The van der Waals surface area contributed by atoms with Gasteiger partial charge in [0.25, 0.3) is 0 Å². The predicted octanol–water partition coefficient (Wildman–Crippen LogP) is 3.46. The lowest BCUT2D eigenvalue weighted by molar-refractivity contribution is 0.346. The molecule has 1 aromatic rings. The van der Waals surface area contributed by atoms with Crippen molar-refractivity contribution in [3.63, 3.8) is 0 Å². The fourth-order valence-corrected chi connectivity index (χ4v) is 2.49. The summed E-state index contributed by atoms with van der Waals surface area (Å²) in [7, 11) is 0. The van der Waals surface area contributed by atoms with Crippen LogP contribution < -0.4 is 10.1 Å². The topological polar surface area (TPSA) is 21.3 Å². The first-order valence-corrected chi connectivity index (χ1v) is 6.84. The van der Waals surface area contributed by atoms with Crippen LogP contribution in [-0.4, -0.2) is 13.2 Å². The van der Waals surface area contributed by atoms with Gasteiger partial charge in [-0.1, -0.05) is 38.5 Å². The molecule has 1 aliphatic rings. The third kappa shape index (κ3) is 2.81. The maximum absolute atomic E-state index is 5.80. The Bertz CT molecular complexity index is 362. The molecule has 1 aliphatic heterocycles. The molecular formula is C15H23NO. The average Bonchev–Trinajstić information content (AvgIpc) is 2.82. The van der Waals surface area contributed by atoms with Gasteiger partial charge in [-0.3, -0.25) is 0 Å².